The van der Waals surface area contributed by atoms with Crippen LogP contribution in [0.4, 0.5) is 0 Å². The number of carbonyl (C=O) groups is 1. The fraction of sp³-hybridized carbons (Fsp3) is 0.125. The summed E-state index contributed by atoms with van der Waals surface area (Å²) in [5.74, 6) is -0.279. The van der Waals surface area contributed by atoms with Crippen LogP contribution in [0, 0.1) is 0 Å². The summed E-state index contributed by atoms with van der Waals surface area (Å²) >= 11 is 0. The van der Waals surface area contributed by atoms with Crippen molar-refractivity contribution in [3.63, 3.8) is 0 Å². The normalized spacial score (nSPS) is 13.0. The number of aromatic hydroxyl groups is 1. The van der Waals surface area contributed by atoms with Crippen molar-refractivity contribution >= 4 is 22.4 Å². The van der Waals surface area contributed by atoms with E-state index in [0.717, 1.165) is 29.5 Å². The zero-order chi connectivity index (χ0) is 20.7. The molecule has 1 aliphatic carbocycles. The molecular formula is C24H20N4O2. The molecule has 1 amide bonds. The number of benzene rings is 3. The number of aromatic amines is 1. The van der Waals surface area contributed by atoms with Crippen LogP contribution < -0.4 is 5.43 Å². The topological polar surface area (TPSA) is 90.4 Å². The van der Waals surface area contributed by atoms with Gasteiger partial charge in [-0.15, -0.1) is 0 Å². The molecule has 3 N–H and O–H groups in total. The molecular weight excluding hydrogens is 376 g/mol. The molecule has 30 heavy (non-hydrogen) atoms. The first-order chi connectivity index (χ1) is 14.6. The Balaban J connectivity index is 1.41. The van der Waals surface area contributed by atoms with Crippen LogP contribution in [0.1, 0.15) is 34.1 Å². The molecule has 148 valence electrons. The number of hydrogen-bond acceptors (Lipinski definition) is 4. The van der Waals surface area contributed by atoms with Crippen molar-refractivity contribution in [1.29, 1.82) is 0 Å². The number of hydrazone groups is 1. The van der Waals surface area contributed by atoms with Crippen molar-refractivity contribution in [3.8, 4) is 17.0 Å². The molecule has 0 saturated heterocycles. The van der Waals surface area contributed by atoms with E-state index in [0.29, 0.717) is 17.0 Å². The molecule has 0 bridgehead atoms. The van der Waals surface area contributed by atoms with Crippen molar-refractivity contribution in [3.05, 3.63) is 83.0 Å². The lowest BCUT2D eigenvalue weighted by Gasteiger charge is -2.06. The van der Waals surface area contributed by atoms with E-state index in [1.165, 1.54) is 16.5 Å². The zero-order valence-electron chi connectivity index (χ0n) is 16.4. The van der Waals surface area contributed by atoms with E-state index in [-0.39, 0.29) is 5.75 Å². The summed E-state index contributed by atoms with van der Waals surface area (Å²) in [6, 6.07) is 19.2. The second kappa shape index (κ2) is 7.15. The van der Waals surface area contributed by atoms with Crippen LogP contribution in [0.15, 0.2) is 65.8 Å². The summed E-state index contributed by atoms with van der Waals surface area (Å²) in [4.78, 5) is 12.5. The summed E-state index contributed by atoms with van der Waals surface area (Å²) in [5, 5.41) is 23.7. The van der Waals surface area contributed by atoms with Gasteiger partial charge in [-0.1, -0.05) is 42.5 Å². The van der Waals surface area contributed by atoms with E-state index in [2.05, 4.69) is 51.1 Å². The highest BCUT2D eigenvalue weighted by Crippen LogP contribution is 2.36. The van der Waals surface area contributed by atoms with Gasteiger partial charge in [0, 0.05) is 11.1 Å². The molecule has 0 saturated carbocycles. The summed E-state index contributed by atoms with van der Waals surface area (Å²) < 4.78 is 0. The second-order valence-corrected chi connectivity index (χ2v) is 7.43. The highest BCUT2D eigenvalue weighted by molar-refractivity contribution is 6.03. The highest BCUT2D eigenvalue weighted by atomic mass is 16.3. The van der Waals surface area contributed by atoms with Gasteiger partial charge in [-0.3, -0.25) is 9.89 Å². The van der Waals surface area contributed by atoms with Crippen molar-refractivity contribution < 1.29 is 9.90 Å². The van der Waals surface area contributed by atoms with Gasteiger partial charge >= 0.3 is 0 Å². The van der Waals surface area contributed by atoms with Crippen LogP contribution in [0.25, 0.3) is 22.0 Å². The number of nitrogens with zero attached hydrogens (tertiary/aromatic N) is 2. The average Bonchev–Trinajstić information content (AvgIpc) is 3.41. The number of phenols is 1. The Morgan fingerprint density at radius 2 is 1.87 bits per heavy atom. The summed E-state index contributed by atoms with van der Waals surface area (Å²) in [5.41, 5.74) is 8.37. The largest absolute Gasteiger partial charge is 0.507 e. The monoisotopic (exact) mass is 396 g/mol. The predicted octanol–water partition coefficient (Wildman–Crippen LogP) is 4.19. The SMILES string of the molecule is C/C(=N/NC(=O)c1cc(-c2ccc3c4c(cccc24)CC3)n[nH]1)c1ccccc1O. The smallest absolute Gasteiger partial charge is 0.289 e. The van der Waals surface area contributed by atoms with Crippen LogP contribution in [0.3, 0.4) is 0 Å². The third-order valence-electron chi connectivity index (χ3n) is 5.59. The Hall–Kier alpha value is -3.93. The van der Waals surface area contributed by atoms with E-state index in [1.54, 1.807) is 37.3 Å². The standard InChI is InChI=1S/C24H20N4O2/c1-14(17-6-2-3-8-22(17)29)25-28-24(30)21-13-20(26-27-21)18-12-11-16-10-9-15-5-4-7-19(18)23(15)16/h2-8,11-13,29H,9-10H2,1H3,(H,26,27)(H,28,30)/b25-14-. The highest BCUT2D eigenvalue weighted by Gasteiger charge is 2.18. The van der Waals surface area contributed by atoms with Gasteiger partial charge in [0.15, 0.2) is 0 Å². The van der Waals surface area contributed by atoms with Crippen LogP contribution in [-0.2, 0) is 12.8 Å². The number of rotatable bonds is 4. The molecule has 4 aromatic rings. The Morgan fingerprint density at radius 1 is 1.07 bits per heavy atom. The fourth-order valence-corrected chi connectivity index (χ4v) is 4.08. The van der Waals surface area contributed by atoms with Gasteiger partial charge in [-0.2, -0.15) is 10.2 Å². The van der Waals surface area contributed by atoms with Crippen LogP contribution in [0.5, 0.6) is 5.75 Å². The van der Waals surface area contributed by atoms with Gasteiger partial charge in [-0.25, -0.2) is 5.43 Å². The lowest BCUT2D eigenvalue weighted by Crippen LogP contribution is -2.19. The minimum atomic E-state index is -0.394. The maximum Gasteiger partial charge on any atom is 0.289 e. The molecule has 1 aromatic heterocycles. The van der Waals surface area contributed by atoms with Crippen molar-refractivity contribution in [2.45, 2.75) is 19.8 Å². The van der Waals surface area contributed by atoms with Crippen molar-refractivity contribution in [2.24, 2.45) is 5.10 Å². The fourth-order valence-electron chi connectivity index (χ4n) is 4.08. The number of hydrogen-bond donors (Lipinski definition) is 3. The molecule has 1 aliphatic rings. The Labute approximate surface area is 173 Å². The minimum absolute atomic E-state index is 0.115. The molecule has 1 heterocycles. The average molecular weight is 396 g/mol. The van der Waals surface area contributed by atoms with Gasteiger partial charge < -0.3 is 5.11 Å². The molecule has 0 unspecified atom stereocenters. The molecule has 0 fully saturated rings. The van der Waals surface area contributed by atoms with Crippen molar-refractivity contribution in [1.82, 2.24) is 15.6 Å². The van der Waals surface area contributed by atoms with E-state index in [4.69, 9.17) is 0 Å². The second-order valence-electron chi connectivity index (χ2n) is 7.43. The Kier molecular flexibility index (Phi) is 4.32. The first-order valence-electron chi connectivity index (χ1n) is 9.84. The van der Waals surface area contributed by atoms with E-state index < -0.39 is 5.91 Å². The van der Waals surface area contributed by atoms with Crippen LogP contribution >= 0.6 is 0 Å². The molecule has 0 atom stereocenters. The number of phenolic OH excluding ortho intramolecular Hbond substituents is 1. The summed E-state index contributed by atoms with van der Waals surface area (Å²) in [6.45, 7) is 1.72. The molecule has 0 radical (unpaired) electrons. The molecule has 6 nitrogen and oxygen atoms in total. The number of H-pyrrole nitrogens is 1. The van der Waals surface area contributed by atoms with Crippen LogP contribution in [-0.4, -0.2) is 26.9 Å². The van der Waals surface area contributed by atoms with E-state index in [1.807, 2.05) is 0 Å². The lowest BCUT2D eigenvalue weighted by molar-refractivity contribution is 0.0950. The lowest BCUT2D eigenvalue weighted by atomic mass is 9.98. The van der Waals surface area contributed by atoms with Crippen LogP contribution in [0.2, 0.25) is 0 Å². The van der Waals surface area contributed by atoms with Gasteiger partial charge in [-0.05, 0) is 59.9 Å². The van der Waals surface area contributed by atoms with Gasteiger partial charge in [0.1, 0.15) is 11.4 Å². The number of aromatic nitrogens is 2. The third kappa shape index (κ3) is 3.03. The minimum Gasteiger partial charge on any atom is -0.507 e. The summed E-state index contributed by atoms with van der Waals surface area (Å²) in [7, 11) is 0. The number of aryl methyl sites for hydroxylation is 2. The number of nitrogens with one attached hydrogen (secondary N) is 2. The van der Waals surface area contributed by atoms with E-state index >= 15 is 0 Å². The maximum atomic E-state index is 12.5. The first kappa shape index (κ1) is 18.1. The third-order valence-corrected chi connectivity index (χ3v) is 5.59. The molecule has 0 spiro atoms. The first-order valence-corrected chi connectivity index (χ1v) is 9.84. The predicted molar refractivity (Wildman–Crippen MR) is 117 cm³/mol. The summed E-state index contributed by atoms with van der Waals surface area (Å²) in [6.07, 6.45) is 2.14. The Morgan fingerprint density at radius 3 is 2.70 bits per heavy atom. The molecule has 6 heteroatoms. The number of carbonyl (C=O) groups excluding carboxylic acids is 1. The van der Waals surface area contributed by atoms with Gasteiger partial charge in [0.2, 0.25) is 0 Å². The molecule has 0 aliphatic heterocycles. The maximum absolute atomic E-state index is 12.5. The Bertz CT molecular complexity index is 1310. The number of amides is 1. The van der Waals surface area contributed by atoms with Gasteiger partial charge in [0.25, 0.3) is 5.91 Å². The number of para-hydroxylation sites is 1. The molecule has 5 rings (SSSR count). The van der Waals surface area contributed by atoms with Crippen molar-refractivity contribution in [2.75, 3.05) is 0 Å². The quantitative estimate of drug-likeness (QED) is 0.357. The van der Waals surface area contributed by atoms with Gasteiger partial charge in [0.05, 0.1) is 11.4 Å². The van der Waals surface area contributed by atoms with E-state index in [9.17, 15) is 9.90 Å². The molecule has 3 aromatic carbocycles. The zero-order valence-corrected chi connectivity index (χ0v) is 16.4.